The van der Waals surface area contributed by atoms with Gasteiger partial charge in [-0.1, -0.05) is 0 Å². The predicted molar refractivity (Wildman–Crippen MR) is 53.4 cm³/mol. The smallest absolute Gasteiger partial charge is 0.143 e. The third-order valence-corrected chi connectivity index (χ3v) is 1.60. The lowest BCUT2D eigenvalue weighted by atomic mass is 10.2. The van der Waals surface area contributed by atoms with Crippen LogP contribution in [0.3, 0.4) is 0 Å². The van der Waals surface area contributed by atoms with Crippen LogP contribution in [-0.4, -0.2) is 20.4 Å². The van der Waals surface area contributed by atoms with Crippen LogP contribution in [-0.2, 0) is 17.9 Å². The third kappa shape index (κ3) is 3.43. The summed E-state index contributed by atoms with van der Waals surface area (Å²) < 4.78 is 1.83. The summed E-state index contributed by atoms with van der Waals surface area (Å²) in [6.45, 7) is 9.40. The van der Waals surface area contributed by atoms with Gasteiger partial charge in [-0.05, 0) is 27.7 Å². The van der Waals surface area contributed by atoms with Crippen molar-refractivity contribution in [2.75, 3.05) is 0 Å². The summed E-state index contributed by atoms with van der Waals surface area (Å²) in [5.41, 5.74) is 2.70. The summed E-state index contributed by atoms with van der Waals surface area (Å²) >= 11 is 0. The van der Waals surface area contributed by atoms with Gasteiger partial charge in [0, 0.05) is 6.54 Å². The van der Waals surface area contributed by atoms with Crippen molar-refractivity contribution in [1.29, 1.82) is 0 Å². The van der Waals surface area contributed by atoms with Gasteiger partial charge in [0.1, 0.15) is 12.2 Å². The molecule has 0 bridgehead atoms. The van der Waals surface area contributed by atoms with E-state index in [1.807, 2.05) is 32.4 Å². The highest BCUT2D eigenvalue weighted by atomic mass is 16.7. The zero-order valence-corrected chi connectivity index (χ0v) is 9.24. The highest BCUT2D eigenvalue weighted by Gasteiger charge is 2.10. The van der Waals surface area contributed by atoms with E-state index in [2.05, 4.69) is 15.6 Å². The molecular weight excluding hydrogens is 180 g/mol. The first-order valence-corrected chi connectivity index (χ1v) is 4.80. The fourth-order valence-corrected chi connectivity index (χ4v) is 1.01. The Labute approximate surface area is 84.4 Å². The van der Waals surface area contributed by atoms with E-state index in [1.54, 1.807) is 6.33 Å². The van der Waals surface area contributed by atoms with Crippen LogP contribution in [0.15, 0.2) is 6.33 Å². The molecule has 1 N–H and O–H groups in total. The van der Waals surface area contributed by atoms with Gasteiger partial charge < -0.3 is 0 Å². The number of hydrogen-bond acceptors (Lipinski definition) is 4. The Morgan fingerprint density at radius 3 is 2.79 bits per heavy atom. The summed E-state index contributed by atoms with van der Waals surface area (Å²) in [6.07, 6.45) is 1.55. The molecule has 1 rings (SSSR count). The van der Waals surface area contributed by atoms with Crippen molar-refractivity contribution < 1.29 is 4.84 Å². The first-order valence-electron chi connectivity index (χ1n) is 4.80. The van der Waals surface area contributed by atoms with Gasteiger partial charge in [0.25, 0.3) is 0 Å². The maximum atomic E-state index is 5.37. The summed E-state index contributed by atoms with van der Waals surface area (Å²) in [6, 6.07) is 0. The maximum Gasteiger partial charge on any atom is 0.143 e. The Balaban J connectivity index is 2.38. The lowest BCUT2D eigenvalue weighted by molar-refractivity contribution is -0.0769. The van der Waals surface area contributed by atoms with E-state index in [0.717, 1.165) is 12.4 Å². The number of hydroxylamine groups is 1. The molecule has 0 fully saturated rings. The largest absolute Gasteiger partial charge is 0.296 e. The maximum absolute atomic E-state index is 5.37. The van der Waals surface area contributed by atoms with Gasteiger partial charge in [0.15, 0.2) is 0 Å². The zero-order chi connectivity index (χ0) is 10.6. The van der Waals surface area contributed by atoms with Gasteiger partial charge in [-0.15, -0.1) is 0 Å². The summed E-state index contributed by atoms with van der Waals surface area (Å²) in [5.74, 6) is 0.886. The molecule has 0 atom stereocenters. The molecular formula is C9H18N4O. The van der Waals surface area contributed by atoms with Gasteiger partial charge in [0.2, 0.25) is 0 Å². The van der Waals surface area contributed by atoms with Crippen molar-refractivity contribution in [3.8, 4) is 0 Å². The standard InChI is InChI=1S/C9H18N4O/c1-5-13-8(10-7-11-13)6-12-14-9(2,3)4/h7,12H,5-6H2,1-4H3. The van der Waals surface area contributed by atoms with Crippen LogP contribution in [0, 0.1) is 0 Å². The Morgan fingerprint density at radius 2 is 2.21 bits per heavy atom. The Hall–Kier alpha value is -0.940. The summed E-state index contributed by atoms with van der Waals surface area (Å²) in [7, 11) is 0. The van der Waals surface area contributed by atoms with Crippen LogP contribution in [0.5, 0.6) is 0 Å². The number of rotatable bonds is 4. The first kappa shape index (κ1) is 11.1. The quantitative estimate of drug-likeness (QED) is 0.736. The van der Waals surface area contributed by atoms with Crippen molar-refractivity contribution in [3.05, 3.63) is 12.2 Å². The average Bonchev–Trinajstić information content (AvgIpc) is 2.49. The molecule has 0 spiro atoms. The number of aromatic nitrogens is 3. The van der Waals surface area contributed by atoms with E-state index < -0.39 is 0 Å². The molecule has 0 aromatic carbocycles. The lowest BCUT2D eigenvalue weighted by Gasteiger charge is -2.19. The highest BCUT2D eigenvalue weighted by Crippen LogP contribution is 2.04. The van der Waals surface area contributed by atoms with Gasteiger partial charge in [0.05, 0.1) is 12.1 Å². The predicted octanol–water partition coefficient (Wildman–Crippen LogP) is 1.12. The minimum Gasteiger partial charge on any atom is -0.296 e. The van der Waals surface area contributed by atoms with Crippen molar-refractivity contribution in [2.24, 2.45) is 0 Å². The van der Waals surface area contributed by atoms with Crippen molar-refractivity contribution >= 4 is 0 Å². The summed E-state index contributed by atoms with van der Waals surface area (Å²) in [5, 5.41) is 4.06. The molecule has 0 saturated heterocycles. The molecule has 0 amide bonds. The molecule has 1 aromatic rings. The number of nitrogens with one attached hydrogen (secondary N) is 1. The van der Waals surface area contributed by atoms with Crippen molar-refractivity contribution in [1.82, 2.24) is 20.2 Å². The minimum atomic E-state index is -0.183. The van der Waals surface area contributed by atoms with Gasteiger partial charge >= 0.3 is 0 Å². The molecule has 1 aromatic heterocycles. The minimum absolute atomic E-state index is 0.183. The normalized spacial score (nSPS) is 12.0. The fraction of sp³-hybridized carbons (Fsp3) is 0.778. The fourth-order valence-electron chi connectivity index (χ4n) is 1.01. The highest BCUT2D eigenvalue weighted by molar-refractivity contribution is 4.82. The van der Waals surface area contributed by atoms with E-state index in [9.17, 15) is 0 Å². The van der Waals surface area contributed by atoms with Crippen LogP contribution in [0.4, 0.5) is 0 Å². The molecule has 5 nitrogen and oxygen atoms in total. The van der Waals surface area contributed by atoms with Crippen molar-refractivity contribution in [2.45, 2.75) is 46.4 Å². The molecule has 5 heteroatoms. The monoisotopic (exact) mass is 198 g/mol. The third-order valence-electron chi connectivity index (χ3n) is 1.60. The van der Waals surface area contributed by atoms with Gasteiger partial charge in [-0.3, -0.25) is 4.84 Å². The van der Waals surface area contributed by atoms with Crippen molar-refractivity contribution in [3.63, 3.8) is 0 Å². The first-order chi connectivity index (χ1) is 6.53. The molecule has 0 aliphatic rings. The van der Waals surface area contributed by atoms with E-state index in [0.29, 0.717) is 6.54 Å². The molecule has 0 radical (unpaired) electrons. The van der Waals surface area contributed by atoms with E-state index in [-0.39, 0.29) is 5.60 Å². The molecule has 0 unspecified atom stereocenters. The summed E-state index contributed by atoms with van der Waals surface area (Å²) in [4.78, 5) is 9.49. The number of hydrogen-bond donors (Lipinski definition) is 1. The van der Waals surface area contributed by atoms with E-state index in [1.165, 1.54) is 0 Å². The average molecular weight is 198 g/mol. The Bertz CT molecular complexity index is 277. The van der Waals surface area contributed by atoms with Gasteiger partial charge in [-0.2, -0.15) is 10.6 Å². The second-order valence-corrected chi connectivity index (χ2v) is 4.03. The topological polar surface area (TPSA) is 52.0 Å². The Morgan fingerprint density at radius 1 is 1.50 bits per heavy atom. The van der Waals surface area contributed by atoms with Crippen LogP contribution in [0.2, 0.25) is 0 Å². The lowest BCUT2D eigenvalue weighted by Crippen LogP contribution is -2.29. The molecule has 14 heavy (non-hydrogen) atoms. The second kappa shape index (κ2) is 4.52. The van der Waals surface area contributed by atoms with Gasteiger partial charge in [-0.25, -0.2) is 9.67 Å². The zero-order valence-electron chi connectivity index (χ0n) is 9.24. The Kier molecular flexibility index (Phi) is 3.60. The number of nitrogens with zero attached hydrogens (tertiary/aromatic N) is 3. The van der Waals surface area contributed by atoms with Crippen LogP contribution in [0.25, 0.3) is 0 Å². The van der Waals surface area contributed by atoms with Crippen LogP contribution in [0.1, 0.15) is 33.5 Å². The molecule has 0 aliphatic carbocycles. The molecule has 1 heterocycles. The molecule has 0 saturated carbocycles. The van der Waals surface area contributed by atoms with E-state index in [4.69, 9.17) is 4.84 Å². The molecule has 0 aliphatic heterocycles. The van der Waals surface area contributed by atoms with Crippen LogP contribution >= 0.6 is 0 Å². The SMILES string of the molecule is CCn1ncnc1CNOC(C)(C)C. The second-order valence-electron chi connectivity index (χ2n) is 4.03. The van der Waals surface area contributed by atoms with E-state index >= 15 is 0 Å². The van der Waals surface area contributed by atoms with Crippen LogP contribution < -0.4 is 5.48 Å². The number of aryl methyl sites for hydroxylation is 1. The molecule has 80 valence electrons.